The summed E-state index contributed by atoms with van der Waals surface area (Å²) in [4.78, 5) is 0. The van der Waals surface area contributed by atoms with E-state index < -0.39 is 0 Å². The standard InChI is InChI=1S/C6H8N.Y/c1-6-4-3-5-7(6)2;/h3-4H,1-2H3;/q-1;. The van der Waals surface area contributed by atoms with Crippen molar-refractivity contribution in [3.8, 4) is 0 Å². The molecule has 41 valence electrons. The molecule has 0 aliphatic carbocycles. The summed E-state index contributed by atoms with van der Waals surface area (Å²) in [5.41, 5.74) is 1.25. The van der Waals surface area contributed by atoms with Crippen molar-refractivity contribution in [2.24, 2.45) is 7.05 Å². The van der Waals surface area contributed by atoms with E-state index in [4.69, 9.17) is 0 Å². The minimum absolute atomic E-state index is 0. The summed E-state index contributed by atoms with van der Waals surface area (Å²) in [6.07, 6.45) is 2.98. The first-order valence-electron chi connectivity index (χ1n) is 2.31. The summed E-state index contributed by atoms with van der Waals surface area (Å²) in [7, 11) is 1.98. The summed E-state index contributed by atoms with van der Waals surface area (Å²) >= 11 is 0. The minimum Gasteiger partial charge on any atom is -0.471 e. The van der Waals surface area contributed by atoms with Crippen molar-refractivity contribution in [1.82, 2.24) is 4.57 Å². The van der Waals surface area contributed by atoms with Gasteiger partial charge in [-0.1, -0.05) is 6.92 Å². The summed E-state index contributed by atoms with van der Waals surface area (Å²) in [5.74, 6) is 0. The maximum atomic E-state index is 2.98. The Bertz CT molecular complexity index is 141. The Morgan fingerprint density at radius 2 is 2.25 bits per heavy atom. The van der Waals surface area contributed by atoms with Crippen molar-refractivity contribution in [2.45, 2.75) is 6.92 Å². The normalized spacial score (nSPS) is 8.25. The zero-order valence-electron chi connectivity index (χ0n) is 5.18. The molecular weight excluding hydrogens is 175 g/mol. The molecule has 0 saturated heterocycles. The van der Waals surface area contributed by atoms with Crippen molar-refractivity contribution in [2.75, 3.05) is 0 Å². The second kappa shape index (κ2) is 3.42. The third-order valence-electron chi connectivity index (χ3n) is 1.12. The monoisotopic (exact) mass is 183 g/mol. The van der Waals surface area contributed by atoms with Crippen molar-refractivity contribution in [3.63, 3.8) is 0 Å². The topological polar surface area (TPSA) is 4.93 Å². The van der Waals surface area contributed by atoms with E-state index in [1.165, 1.54) is 5.69 Å². The van der Waals surface area contributed by atoms with Crippen LogP contribution in [0.4, 0.5) is 0 Å². The van der Waals surface area contributed by atoms with Crippen molar-refractivity contribution >= 4 is 0 Å². The molecule has 1 radical (unpaired) electrons. The van der Waals surface area contributed by atoms with Crippen LogP contribution in [-0.4, -0.2) is 4.57 Å². The fraction of sp³-hybridized carbons (Fsp3) is 0.333. The van der Waals surface area contributed by atoms with Crippen molar-refractivity contribution in [1.29, 1.82) is 0 Å². The van der Waals surface area contributed by atoms with Gasteiger partial charge in [0.25, 0.3) is 0 Å². The van der Waals surface area contributed by atoms with Crippen LogP contribution in [0, 0.1) is 13.1 Å². The van der Waals surface area contributed by atoms with Crippen LogP contribution in [0.15, 0.2) is 12.1 Å². The summed E-state index contributed by atoms with van der Waals surface area (Å²) < 4.78 is 1.96. The Kier molecular flexibility index (Phi) is 3.58. The SMILES string of the molecule is Cc1cc[c-]n1C.[Y]. The number of hydrogen-bond donors (Lipinski definition) is 0. The Morgan fingerprint density at radius 1 is 1.62 bits per heavy atom. The molecule has 2 heteroatoms. The van der Waals surface area contributed by atoms with Crippen molar-refractivity contribution in [3.05, 3.63) is 24.0 Å². The maximum Gasteiger partial charge on any atom is 0 e. The van der Waals surface area contributed by atoms with Crippen LogP contribution in [-0.2, 0) is 39.8 Å². The molecule has 0 aromatic carbocycles. The smallest absolute Gasteiger partial charge is 0 e. The second-order valence-electron chi connectivity index (χ2n) is 1.66. The maximum absolute atomic E-state index is 2.98. The van der Waals surface area contributed by atoms with Crippen LogP contribution in [0.25, 0.3) is 0 Å². The fourth-order valence-corrected chi connectivity index (χ4v) is 0.483. The Hall–Kier alpha value is 0.384. The van der Waals surface area contributed by atoms with Crippen LogP contribution in [0.2, 0.25) is 0 Å². The van der Waals surface area contributed by atoms with Gasteiger partial charge in [0.2, 0.25) is 0 Å². The molecule has 0 bridgehead atoms. The molecule has 0 unspecified atom stereocenters. The molecule has 0 aliphatic heterocycles. The van der Waals surface area contributed by atoms with E-state index in [1.807, 2.05) is 23.7 Å². The Labute approximate surface area is 75.0 Å². The molecule has 1 heterocycles. The van der Waals surface area contributed by atoms with E-state index in [-0.39, 0.29) is 32.7 Å². The second-order valence-corrected chi connectivity index (χ2v) is 1.66. The number of rotatable bonds is 0. The molecule has 1 aromatic heterocycles. The van der Waals surface area contributed by atoms with Gasteiger partial charge in [0.1, 0.15) is 0 Å². The number of aromatic nitrogens is 1. The van der Waals surface area contributed by atoms with Crippen LogP contribution < -0.4 is 0 Å². The molecule has 0 atom stereocenters. The molecule has 1 rings (SSSR count). The minimum atomic E-state index is 0. The number of hydrogen-bond acceptors (Lipinski definition) is 0. The van der Waals surface area contributed by atoms with Gasteiger partial charge in [0.05, 0.1) is 0 Å². The van der Waals surface area contributed by atoms with Crippen LogP contribution in [0.3, 0.4) is 0 Å². The Balaban J connectivity index is 0.000000490. The molecule has 0 amide bonds. The number of aryl methyl sites for hydroxylation is 2. The third kappa shape index (κ3) is 1.72. The zero-order valence-corrected chi connectivity index (χ0v) is 8.02. The zero-order chi connectivity index (χ0) is 5.28. The summed E-state index contributed by atoms with van der Waals surface area (Å²) in [6, 6.07) is 3.94. The van der Waals surface area contributed by atoms with Crippen LogP contribution >= 0.6 is 0 Å². The molecule has 0 spiro atoms. The van der Waals surface area contributed by atoms with E-state index in [0.29, 0.717) is 0 Å². The van der Waals surface area contributed by atoms with E-state index in [1.54, 1.807) is 0 Å². The van der Waals surface area contributed by atoms with Gasteiger partial charge >= 0.3 is 0 Å². The van der Waals surface area contributed by atoms with Gasteiger partial charge in [0, 0.05) is 32.7 Å². The average molecular weight is 183 g/mol. The van der Waals surface area contributed by atoms with Gasteiger partial charge in [-0.3, -0.25) is 0 Å². The first kappa shape index (κ1) is 8.38. The van der Waals surface area contributed by atoms with Crippen LogP contribution in [0.5, 0.6) is 0 Å². The first-order chi connectivity index (χ1) is 3.30. The first-order valence-corrected chi connectivity index (χ1v) is 2.31. The van der Waals surface area contributed by atoms with Gasteiger partial charge < -0.3 is 4.57 Å². The predicted octanol–water partition coefficient (Wildman–Crippen LogP) is 1.13. The van der Waals surface area contributed by atoms with E-state index >= 15 is 0 Å². The van der Waals surface area contributed by atoms with E-state index in [0.717, 1.165) is 0 Å². The average Bonchev–Trinajstić information content (AvgIpc) is 1.91. The van der Waals surface area contributed by atoms with Gasteiger partial charge in [-0.2, -0.15) is 12.1 Å². The summed E-state index contributed by atoms with van der Waals surface area (Å²) in [5, 5.41) is 0. The summed E-state index contributed by atoms with van der Waals surface area (Å²) in [6.45, 7) is 2.05. The van der Waals surface area contributed by atoms with Gasteiger partial charge in [0.15, 0.2) is 0 Å². The van der Waals surface area contributed by atoms with Crippen molar-refractivity contribution < 1.29 is 32.7 Å². The number of nitrogens with zero attached hydrogens (tertiary/aromatic N) is 1. The van der Waals surface area contributed by atoms with Gasteiger partial charge in [-0.25, -0.2) is 0 Å². The van der Waals surface area contributed by atoms with E-state index in [9.17, 15) is 0 Å². The Morgan fingerprint density at radius 3 is 2.38 bits per heavy atom. The van der Waals surface area contributed by atoms with Crippen LogP contribution in [0.1, 0.15) is 5.69 Å². The largest absolute Gasteiger partial charge is 0.471 e. The molecule has 0 fully saturated rings. The molecule has 1 nitrogen and oxygen atoms in total. The fourth-order valence-electron chi connectivity index (χ4n) is 0.483. The van der Waals surface area contributed by atoms with E-state index in [2.05, 4.69) is 13.1 Å². The third-order valence-corrected chi connectivity index (χ3v) is 1.12. The molecule has 0 aliphatic rings. The molecule has 8 heavy (non-hydrogen) atoms. The molecule has 0 saturated carbocycles. The molecular formula is C6H8NY-. The van der Waals surface area contributed by atoms with Gasteiger partial charge in [-0.05, 0) is 7.05 Å². The molecule has 1 aromatic rings. The molecule has 0 N–H and O–H groups in total. The van der Waals surface area contributed by atoms with Gasteiger partial charge in [-0.15, -0.1) is 11.9 Å². The predicted molar refractivity (Wildman–Crippen MR) is 29.0 cm³/mol. The quantitative estimate of drug-likeness (QED) is 0.531.